The van der Waals surface area contributed by atoms with Crippen LogP contribution in [0.25, 0.3) is 0 Å². The van der Waals surface area contributed by atoms with Crippen LogP contribution < -0.4 is 10.7 Å². The normalized spacial score (nSPS) is 15.6. The van der Waals surface area contributed by atoms with Crippen LogP contribution in [-0.2, 0) is 0 Å². The predicted molar refractivity (Wildman–Crippen MR) is 107 cm³/mol. The highest BCUT2D eigenvalue weighted by Gasteiger charge is 2.25. The number of hydrogen-bond acceptors (Lipinski definition) is 3. The first kappa shape index (κ1) is 21.2. The molecular weight excluding hydrogens is 342 g/mol. The standard InChI is InChI=1S/C21H33N3O3/c1-5-7-12-23(4)21(27)18-14-24(16-10-8-9-11-16)13-17(19(18)25)20(26)22-15(3)6-2/h13-16H,5-12H2,1-4H3,(H,22,26)/t15-/m0/s1. The van der Waals surface area contributed by atoms with E-state index in [1.54, 1.807) is 24.3 Å². The Morgan fingerprint density at radius 1 is 1.22 bits per heavy atom. The molecule has 0 spiro atoms. The van der Waals surface area contributed by atoms with Crippen LogP contribution in [-0.4, -0.2) is 40.9 Å². The molecule has 1 heterocycles. The summed E-state index contributed by atoms with van der Waals surface area (Å²) in [5.74, 6) is -0.703. The number of carbonyl (C=O) groups is 2. The van der Waals surface area contributed by atoms with Crippen LogP contribution in [0, 0.1) is 0 Å². The van der Waals surface area contributed by atoms with Gasteiger partial charge in [-0.1, -0.05) is 33.1 Å². The summed E-state index contributed by atoms with van der Waals surface area (Å²) < 4.78 is 1.92. The Hall–Kier alpha value is -2.11. The van der Waals surface area contributed by atoms with Crippen LogP contribution in [0.15, 0.2) is 17.2 Å². The third-order valence-electron chi connectivity index (χ3n) is 5.45. The molecule has 0 saturated heterocycles. The number of nitrogens with zero attached hydrogens (tertiary/aromatic N) is 2. The smallest absolute Gasteiger partial charge is 0.259 e. The summed E-state index contributed by atoms with van der Waals surface area (Å²) in [5.41, 5.74) is -0.312. The van der Waals surface area contributed by atoms with Gasteiger partial charge in [0.1, 0.15) is 11.1 Å². The number of rotatable bonds is 8. The molecule has 0 bridgehead atoms. The van der Waals surface area contributed by atoms with E-state index in [0.717, 1.165) is 44.9 Å². The second kappa shape index (κ2) is 9.72. The molecule has 27 heavy (non-hydrogen) atoms. The lowest BCUT2D eigenvalue weighted by Crippen LogP contribution is -2.39. The fraction of sp³-hybridized carbons (Fsp3) is 0.667. The van der Waals surface area contributed by atoms with Crippen molar-refractivity contribution < 1.29 is 9.59 Å². The number of amides is 2. The maximum absolute atomic E-state index is 12.9. The molecule has 1 atom stereocenters. The van der Waals surface area contributed by atoms with Crippen molar-refractivity contribution in [1.29, 1.82) is 0 Å². The monoisotopic (exact) mass is 375 g/mol. The molecule has 1 aromatic rings. The zero-order chi connectivity index (χ0) is 20.0. The van der Waals surface area contributed by atoms with Crippen molar-refractivity contribution >= 4 is 11.8 Å². The summed E-state index contributed by atoms with van der Waals surface area (Å²) in [6.07, 6.45) is 10.2. The first-order valence-electron chi connectivity index (χ1n) is 10.2. The average molecular weight is 376 g/mol. The van der Waals surface area contributed by atoms with Crippen molar-refractivity contribution in [2.75, 3.05) is 13.6 Å². The zero-order valence-corrected chi connectivity index (χ0v) is 17.1. The third kappa shape index (κ3) is 5.21. The minimum absolute atomic E-state index is 0.0246. The van der Waals surface area contributed by atoms with Gasteiger partial charge in [0.25, 0.3) is 11.8 Å². The number of carbonyl (C=O) groups excluding carboxylic acids is 2. The number of unbranched alkanes of at least 4 members (excludes halogenated alkanes) is 1. The van der Waals surface area contributed by atoms with Gasteiger partial charge in [0.2, 0.25) is 5.43 Å². The van der Waals surface area contributed by atoms with Gasteiger partial charge in [-0.2, -0.15) is 0 Å². The minimum atomic E-state index is -0.474. The summed E-state index contributed by atoms with van der Waals surface area (Å²) in [7, 11) is 1.71. The van der Waals surface area contributed by atoms with E-state index in [1.807, 2.05) is 18.4 Å². The second-order valence-corrected chi connectivity index (χ2v) is 7.66. The lowest BCUT2D eigenvalue weighted by Gasteiger charge is -2.21. The molecule has 2 amide bonds. The highest BCUT2D eigenvalue weighted by atomic mass is 16.2. The molecule has 0 radical (unpaired) electrons. The van der Waals surface area contributed by atoms with Gasteiger partial charge in [0.15, 0.2) is 0 Å². The van der Waals surface area contributed by atoms with E-state index in [0.29, 0.717) is 6.54 Å². The van der Waals surface area contributed by atoms with Crippen LogP contribution in [0.5, 0.6) is 0 Å². The molecule has 0 aliphatic heterocycles. The molecular formula is C21H33N3O3. The Bertz CT molecular complexity index is 720. The second-order valence-electron chi connectivity index (χ2n) is 7.66. The van der Waals surface area contributed by atoms with Gasteiger partial charge < -0.3 is 14.8 Å². The molecule has 1 aliphatic rings. The SMILES string of the molecule is CCCCN(C)C(=O)c1cn(C2CCCC2)cc(C(=O)N[C@@H](C)CC)c1=O. The van der Waals surface area contributed by atoms with Crippen molar-refractivity contribution in [3.8, 4) is 0 Å². The predicted octanol–water partition coefficient (Wildman–Crippen LogP) is 3.36. The molecule has 150 valence electrons. The molecule has 1 saturated carbocycles. The van der Waals surface area contributed by atoms with E-state index in [9.17, 15) is 14.4 Å². The van der Waals surface area contributed by atoms with E-state index < -0.39 is 11.3 Å². The highest BCUT2D eigenvalue weighted by Crippen LogP contribution is 2.29. The van der Waals surface area contributed by atoms with Gasteiger partial charge >= 0.3 is 0 Å². The molecule has 6 heteroatoms. The van der Waals surface area contributed by atoms with E-state index >= 15 is 0 Å². The highest BCUT2D eigenvalue weighted by molar-refractivity contribution is 5.99. The van der Waals surface area contributed by atoms with Crippen LogP contribution in [0.1, 0.15) is 92.5 Å². The van der Waals surface area contributed by atoms with Gasteiger partial charge in [-0.25, -0.2) is 0 Å². The Morgan fingerprint density at radius 2 is 1.85 bits per heavy atom. The Morgan fingerprint density at radius 3 is 2.44 bits per heavy atom. The molecule has 1 N–H and O–H groups in total. The van der Waals surface area contributed by atoms with Gasteiger partial charge in [-0.05, 0) is 32.6 Å². The van der Waals surface area contributed by atoms with Crippen molar-refractivity contribution in [3.63, 3.8) is 0 Å². The number of aromatic nitrogens is 1. The zero-order valence-electron chi connectivity index (χ0n) is 17.1. The van der Waals surface area contributed by atoms with Gasteiger partial charge in [0.05, 0.1) is 0 Å². The molecule has 2 rings (SSSR count). The van der Waals surface area contributed by atoms with Crippen molar-refractivity contribution in [2.24, 2.45) is 0 Å². The van der Waals surface area contributed by atoms with Gasteiger partial charge in [0, 0.05) is 38.1 Å². The van der Waals surface area contributed by atoms with E-state index in [4.69, 9.17) is 0 Å². The van der Waals surface area contributed by atoms with E-state index in [1.165, 1.54) is 0 Å². The van der Waals surface area contributed by atoms with Crippen LogP contribution >= 0.6 is 0 Å². The largest absolute Gasteiger partial charge is 0.349 e. The Balaban J connectivity index is 2.43. The quantitative estimate of drug-likeness (QED) is 0.757. The van der Waals surface area contributed by atoms with Crippen LogP contribution in [0.2, 0.25) is 0 Å². The summed E-state index contributed by atoms with van der Waals surface area (Å²) in [5, 5.41) is 2.86. The van der Waals surface area contributed by atoms with E-state index in [2.05, 4.69) is 12.2 Å². The van der Waals surface area contributed by atoms with Crippen LogP contribution in [0.4, 0.5) is 0 Å². The summed E-state index contributed by atoms with van der Waals surface area (Å²) >= 11 is 0. The minimum Gasteiger partial charge on any atom is -0.349 e. The molecule has 0 unspecified atom stereocenters. The molecule has 6 nitrogen and oxygen atoms in total. The first-order valence-corrected chi connectivity index (χ1v) is 10.2. The molecule has 1 aliphatic carbocycles. The molecule has 1 fully saturated rings. The van der Waals surface area contributed by atoms with Gasteiger partial charge in [-0.3, -0.25) is 14.4 Å². The van der Waals surface area contributed by atoms with E-state index in [-0.39, 0.29) is 29.1 Å². The Labute approximate surface area is 161 Å². The third-order valence-corrected chi connectivity index (χ3v) is 5.45. The average Bonchev–Trinajstić information content (AvgIpc) is 3.20. The summed E-state index contributed by atoms with van der Waals surface area (Å²) in [6, 6.07) is 0.219. The van der Waals surface area contributed by atoms with Gasteiger partial charge in [-0.15, -0.1) is 0 Å². The topological polar surface area (TPSA) is 71.4 Å². The fourth-order valence-corrected chi connectivity index (χ4v) is 3.43. The lowest BCUT2D eigenvalue weighted by atomic mass is 10.1. The maximum atomic E-state index is 12.9. The Kier molecular flexibility index (Phi) is 7.63. The molecule has 0 aromatic carbocycles. The number of pyridine rings is 1. The lowest BCUT2D eigenvalue weighted by molar-refractivity contribution is 0.0791. The maximum Gasteiger partial charge on any atom is 0.259 e. The fourth-order valence-electron chi connectivity index (χ4n) is 3.43. The summed E-state index contributed by atoms with van der Waals surface area (Å²) in [6.45, 7) is 6.54. The van der Waals surface area contributed by atoms with Crippen molar-refractivity contribution in [3.05, 3.63) is 33.7 Å². The van der Waals surface area contributed by atoms with Crippen LogP contribution in [0.3, 0.4) is 0 Å². The number of hydrogen-bond donors (Lipinski definition) is 1. The van der Waals surface area contributed by atoms with Crippen molar-refractivity contribution in [2.45, 2.75) is 77.8 Å². The summed E-state index contributed by atoms with van der Waals surface area (Å²) in [4.78, 5) is 40.1. The number of nitrogens with one attached hydrogen (secondary N) is 1. The first-order chi connectivity index (χ1) is 12.9. The molecule has 1 aromatic heterocycles. The van der Waals surface area contributed by atoms with Crippen molar-refractivity contribution in [1.82, 2.24) is 14.8 Å².